The van der Waals surface area contributed by atoms with Crippen LogP contribution in [0.15, 0.2) is 48.5 Å². The zero-order chi connectivity index (χ0) is 30.3. The van der Waals surface area contributed by atoms with Crippen molar-refractivity contribution in [1.29, 1.82) is 0 Å². The molecule has 3 aromatic rings. The first-order chi connectivity index (χ1) is 20.9. The number of rotatable bonds is 11. The Morgan fingerprint density at radius 2 is 1.07 bits per heavy atom. The maximum Gasteiger partial charge on any atom is 0.166 e. The summed E-state index contributed by atoms with van der Waals surface area (Å²) in [5.74, 6) is -0.787. The molecule has 43 heavy (non-hydrogen) atoms. The van der Waals surface area contributed by atoms with E-state index in [1.807, 2.05) is 0 Å². The van der Waals surface area contributed by atoms with Crippen LogP contribution in [0.3, 0.4) is 0 Å². The van der Waals surface area contributed by atoms with E-state index in [2.05, 4.69) is 6.92 Å². The Morgan fingerprint density at radius 1 is 0.535 bits per heavy atom. The van der Waals surface area contributed by atoms with Gasteiger partial charge in [0.25, 0.3) is 0 Å². The van der Waals surface area contributed by atoms with Crippen LogP contribution >= 0.6 is 0 Å². The maximum atomic E-state index is 15.4. The summed E-state index contributed by atoms with van der Waals surface area (Å²) in [7, 11) is 0. The molecule has 0 atom stereocenters. The van der Waals surface area contributed by atoms with Crippen LogP contribution < -0.4 is 0 Å². The quantitative estimate of drug-likeness (QED) is 0.153. The molecule has 0 radical (unpaired) electrons. The van der Waals surface area contributed by atoms with Crippen molar-refractivity contribution in [3.05, 3.63) is 82.9 Å². The van der Waals surface area contributed by atoms with Gasteiger partial charge in [-0.05, 0) is 90.9 Å². The smallest absolute Gasteiger partial charge is 0.166 e. The molecule has 0 amide bonds. The van der Waals surface area contributed by atoms with Crippen molar-refractivity contribution in [2.75, 3.05) is 0 Å². The zero-order valence-electron chi connectivity index (χ0n) is 26.0. The summed E-state index contributed by atoms with van der Waals surface area (Å²) in [4.78, 5) is 0. The van der Waals surface area contributed by atoms with Gasteiger partial charge >= 0.3 is 0 Å². The molecule has 0 aromatic heterocycles. The van der Waals surface area contributed by atoms with Crippen molar-refractivity contribution < 1.29 is 17.6 Å². The predicted octanol–water partition coefficient (Wildman–Crippen LogP) is 12.6. The average Bonchev–Trinajstić information content (AvgIpc) is 3.04. The summed E-state index contributed by atoms with van der Waals surface area (Å²) < 4.78 is 59.8. The average molecular weight is 593 g/mol. The van der Waals surface area contributed by atoms with Crippen LogP contribution in [0.4, 0.5) is 17.6 Å². The van der Waals surface area contributed by atoms with Crippen LogP contribution in [0.1, 0.15) is 121 Å². The van der Waals surface area contributed by atoms with Gasteiger partial charge in [0, 0.05) is 11.1 Å². The van der Waals surface area contributed by atoms with Gasteiger partial charge in [0.2, 0.25) is 0 Å². The highest BCUT2D eigenvalue weighted by atomic mass is 19.2. The molecule has 2 aliphatic rings. The molecule has 2 aliphatic carbocycles. The molecule has 4 heteroatoms. The van der Waals surface area contributed by atoms with Crippen LogP contribution in [0.5, 0.6) is 0 Å². The molecule has 2 fully saturated rings. The van der Waals surface area contributed by atoms with Crippen LogP contribution in [0, 0.1) is 41.0 Å². The highest BCUT2D eigenvalue weighted by Crippen LogP contribution is 2.45. The maximum absolute atomic E-state index is 15.4. The Morgan fingerprint density at radius 3 is 1.65 bits per heavy atom. The molecule has 232 valence electrons. The van der Waals surface area contributed by atoms with Gasteiger partial charge in [-0.25, -0.2) is 17.6 Å². The minimum Gasteiger partial charge on any atom is -0.203 e. The summed E-state index contributed by atoms with van der Waals surface area (Å²) >= 11 is 0. The van der Waals surface area contributed by atoms with E-state index < -0.39 is 23.3 Å². The van der Waals surface area contributed by atoms with E-state index in [0.29, 0.717) is 28.7 Å². The molecule has 5 rings (SSSR count). The molecular weight excluding hydrogens is 544 g/mol. The molecule has 0 saturated heterocycles. The molecule has 0 heterocycles. The van der Waals surface area contributed by atoms with E-state index in [4.69, 9.17) is 0 Å². The summed E-state index contributed by atoms with van der Waals surface area (Å²) in [5.41, 5.74) is 2.18. The number of benzene rings is 3. The fraction of sp³-hybridized carbons (Fsp3) is 0.538. The van der Waals surface area contributed by atoms with Gasteiger partial charge in [-0.15, -0.1) is 0 Å². The first kappa shape index (κ1) is 31.8. The van der Waals surface area contributed by atoms with Gasteiger partial charge in [-0.3, -0.25) is 0 Å². The summed E-state index contributed by atoms with van der Waals surface area (Å²) in [6.45, 7) is 4.05. The van der Waals surface area contributed by atoms with Crippen molar-refractivity contribution in [2.45, 2.75) is 116 Å². The monoisotopic (exact) mass is 592 g/mol. The zero-order valence-corrected chi connectivity index (χ0v) is 26.0. The van der Waals surface area contributed by atoms with Crippen molar-refractivity contribution in [1.82, 2.24) is 0 Å². The van der Waals surface area contributed by atoms with Gasteiger partial charge in [-0.1, -0.05) is 114 Å². The lowest BCUT2D eigenvalue weighted by Gasteiger charge is -2.38. The number of halogens is 4. The van der Waals surface area contributed by atoms with Crippen LogP contribution in [0.2, 0.25) is 0 Å². The molecule has 0 nitrogen and oxygen atoms in total. The third-order valence-corrected chi connectivity index (χ3v) is 10.6. The second kappa shape index (κ2) is 14.9. The van der Waals surface area contributed by atoms with E-state index in [-0.39, 0.29) is 17.0 Å². The fourth-order valence-corrected chi connectivity index (χ4v) is 7.90. The van der Waals surface area contributed by atoms with E-state index in [1.165, 1.54) is 64.2 Å². The second-order valence-electron chi connectivity index (χ2n) is 13.3. The number of aryl methyl sites for hydroxylation is 1. The molecule has 3 aromatic carbocycles. The lowest BCUT2D eigenvalue weighted by Crippen LogP contribution is -2.25. The highest BCUT2D eigenvalue weighted by Gasteiger charge is 2.32. The van der Waals surface area contributed by atoms with Crippen molar-refractivity contribution in [3.63, 3.8) is 0 Å². The van der Waals surface area contributed by atoms with E-state index in [0.717, 1.165) is 43.4 Å². The van der Waals surface area contributed by atoms with Crippen LogP contribution in [-0.4, -0.2) is 0 Å². The van der Waals surface area contributed by atoms with Gasteiger partial charge in [-0.2, -0.15) is 0 Å². The van der Waals surface area contributed by atoms with Crippen molar-refractivity contribution >= 4 is 0 Å². The SMILES string of the molecule is CCCCCCCC1CCC(C2CCC(c3ccc(-c4ccc(-c5ccc(CC)c(F)c5F)cc4)c(F)c3F)CC2)CC1. The number of unbranched alkanes of at least 4 members (excludes halogenated alkanes) is 4. The first-order valence-corrected chi connectivity index (χ1v) is 17.0. The van der Waals surface area contributed by atoms with E-state index in [1.54, 1.807) is 55.5 Å². The normalized spacial score (nSPS) is 22.6. The Bertz CT molecular complexity index is 1330. The van der Waals surface area contributed by atoms with E-state index in [9.17, 15) is 8.78 Å². The summed E-state index contributed by atoms with van der Waals surface area (Å²) in [6, 6.07) is 13.1. The fourth-order valence-electron chi connectivity index (χ4n) is 7.90. The molecular formula is C39H48F4. The molecule has 2 saturated carbocycles. The largest absolute Gasteiger partial charge is 0.203 e. The third-order valence-electron chi connectivity index (χ3n) is 10.6. The Balaban J connectivity index is 1.16. The molecule has 0 unspecified atom stereocenters. The highest BCUT2D eigenvalue weighted by molar-refractivity contribution is 5.71. The number of hydrogen-bond donors (Lipinski definition) is 0. The Labute approximate surface area is 256 Å². The molecule has 0 N–H and O–H groups in total. The van der Waals surface area contributed by atoms with Gasteiger partial charge in [0.1, 0.15) is 0 Å². The summed E-state index contributed by atoms with van der Waals surface area (Å²) in [6.07, 6.45) is 18.1. The third kappa shape index (κ3) is 7.37. The lowest BCUT2D eigenvalue weighted by molar-refractivity contribution is 0.155. The molecule has 0 aliphatic heterocycles. The second-order valence-corrected chi connectivity index (χ2v) is 13.3. The summed E-state index contributed by atoms with van der Waals surface area (Å²) in [5, 5.41) is 0. The van der Waals surface area contributed by atoms with Gasteiger partial charge < -0.3 is 0 Å². The van der Waals surface area contributed by atoms with Crippen LogP contribution in [-0.2, 0) is 6.42 Å². The standard InChI is InChI=1S/C39H48F4/c1-3-5-6-7-8-9-26-10-12-28(13-11-26)29-14-16-30(17-15-29)34-24-25-35(39(43)38(34)42)32-20-18-31(19-21-32)33-23-22-27(4-2)36(40)37(33)41/h18-26,28-30H,3-17H2,1-2H3. The predicted molar refractivity (Wildman–Crippen MR) is 170 cm³/mol. The topological polar surface area (TPSA) is 0 Å². The first-order valence-electron chi connectivity index (χ1n) is 17.0. The van der Waals surface area contributed by atoms with Gasteiger partial charge in [0.05, 0.1) is 0 Å². The number of hydrogen-bond acceptors (Lipinski definition) is 0. The van der Waals surface area contributed by atoms with Crippen molar-refractivity contribution in [2.24, 2.45) is 17.8 Å². The Kier molecular flexibility index (Phi) is 11.0. The molecule has 0 bridgehead atoms. The minimum atomic E-state index is -0.885. The lowest BCUT2D eigenvalue weighted by atomic mass is 9.68. The van der Waals surface area contributed by atoms with Crippen molar-refractivity contribution in [3.8, 4) is 22.3 Å². The minimum absolute atomic E-state index is 0.0607. The van der Waals surface area contributed by atoms with Crippen LogP contribution in [0.25, 0.3) is 22.3 Å². The van der Waals surface area contributed by atoms with Gasteiger partial charge in [0.15, 0.2) is 23.3 Å². The van der Waals surface area contributed by atoms with E-state index >= 15 is 8.78 Å². The molecule has 0 spiro atoms. The Hall–Kier alpha value is -2.62.